The molecule has 32 heteroatoms. The van der Waals surface area contributed by atoms with Crippen LogP contribution in [-0.4, -0.2) is 188 Å². The smallest absolute Gasteiger partial charge is 0.322 e. The molecule has 1 fully saturated rings. The predicted molar refractivity (Wildman–Crippen MR) is 271 cm³/mol. The quantitative estimate of drug-likeness (QED) is 0.0171. The number of carbonyl (C=O) groups is 13. The molecule has 10 atom stereocenters. The number of nitrogens with zero attached hydrogens (tertiary/aromatic N) is 2. The molecule has 0 spiro atoms. The molecule has 1 aromatic rings. The van der Waals surface area contributed by atoms with Crippen LogP contribution < -0.4 is 65.1 Å². The first-order valence-corrected chi connectivity index (χ1v) is 25.1. The van der Waals surface area contributed by atoms with Crippen LogP contribution in [0, 0.1) is 17.2 Å². The SMILES string of the molecule is CC[C@H](C)[C@H](NC(=O)[C@@H](NC(=O)[C@@H]1CCCN1C(=O)[C@@H](N)CC(=O)O)[C@@H](C)CC)C(=O)N[C@@H](CCC(N)=O)C(=O)N[C@@H](CC(=O)O)C(=O)N[C@@H](CCCNC(=N)N)C(=O)N[C@@H](Cc1c[nH]cn1)C(=O)NCC(=O)NCC(=O)O. The van der Waals surface area contributed by atoms with Crippen molar-refractivity contribution >= 4 is 82.9 Å². The van der Waals surface area contributed by atoms with Crippen molar-refractivity contribution in [2.45, 2.75) is 147 Å². The summed E-state index contributed by atoms with van der Waals surface area (Å²) in [6.45, 7) is 5.29. The minimum Gasteiger partial charge on any atom is -0.481 e. The maximum Gasteiger partial charge on any atom is 0.322 e. The summed E-state index contributed by atoms with van der Waals surface area (Å²) < 4.78 is 0. The van der Waals surface area contributed by atoms with Gasteiger partial charge in [0.05, 0.1) is 37.4 Å². The maximum absolute atomic E-state index is 14.2. The fraction of sp³-hybridized carbons (Fsp3) is 0.630. The lowest BCUT2D eigenvalue weighted by Crippen LogP contribution is -2.62. The Labute approximate surface area is 447 Å². The number of hydrogen-bond donors (Lipinski definition) is 17. The molecule has 10 amide bonds. The van der Waals surface area contributed by atoms with E-state index >= 15 is 0 Å². The largest absolute Gasteiger partial charge is 0.481 e. The molecular formula is C46H74N16O16. The van der Waals surface area contributed by atoms with Crippen LogP contribution in [0.5, 0.6) is 0 Å². The number of nitrogens with one attached hydrogen (secondary N) is 11. The molecular weight excluding hydrogens is 1030 g/mol. The third-order valence-electron chi connectivity index (χ3n) is 12.5. The molecule has 78 heavy (non-hydrogen) atoms. The molecule has 0 bridgehead atoms. The van der Waals surface area contributed by atoms with E-state index in [0.717, 1.165) is 4.90 Å². The van der Waals surface area contributed by atoms with Crippen LogP contribution in [0.1, 0.15) is 97.6 Å². The van der Waals surface area contributed by atoms with Crippen molar-refractivity contribution in [3.63, 3.8) is 0 Å². The first-order valence-electron chi connectivity index (χ1n) is 25.1. The molecule has 0 saturated carbocycles. The summed E-state index contributed by atoms with van der Waals surface area (Å²) in [6.07, 6.45) is 0.460. The summed E-state index contributed by atoms with van der Waals surface area (Å²) in [4.78, 5) is 177. The number of carboxylic acid groups (broad SMARTS) is 3. The number of H-pyrrole nitrogens is 1. The van der Waals surface area contributed by atoms with Gasteiger partial charge >= 0.3 is 17.9 Å². The number of aliphatic carboxylic acids is 3. The van der Waals surface area contributed by atoms with E-state index in [-0.39, 0.29) is 50.9 Å². The van der Waals surface area contributed by atoms with E-state index < -0.39 is 182 Å². The Bertz CT molecular complexity index is 2320. The monoisotopic (exact) mass is 1110 g/mol. The highest BCUT2D eigenvalue weighted by Crippen LogP contribution is 2.21. The number of carbonyl (C=O) groups excluding carboxylic acids is 10. The fourth-order valence-electron chi connectivity index (χ4n) is 7.85. The van der Waals surface area contributed by atoms with Crippen LogP contribution in [0.3, 0.4) is 0 Å². The molecule has 20 N–H and O–H groups in total. The van der Waals surface area contributed by atoms with Gasteiger partial charge in [-0.3, -0.25) is 67.7 Å². The van der Waals surface area contributed by atoms with Gasteiger partial charge in [-0.15, -0.1) is 0 Å². The van der Waals surface area contributed by atoms with Crippen LogP contribution >= 0.6 is 0 Å². The van der Waals surface area contributed by atoms with E-state index in [0.29, 0.717) is 12.8 Å². The van der Waals surface area contributed by atoms with E-state index in [1.165, 1.54) is 12.5 Å². The average molecular weight is 1110 g/mol. The Morgan fingerprint density at radius 3 is 1.79 bits per heavy atom. The highest BCUT2D eigenvalue weighted by molar-refractivity contribution is 5.99. The number of rotatable bonds is 35. The minimum absolute atomic E-state index is 0.0128. The van der Waals surface area contributed by atoms with Gasteiger partial charge in [0.2, 0.25) is 59.1 Å². The lowest BCUT2D eigenvalue weighted by molar-refractivity contribution is -0.144. The molecule has 0 aromatic carbocycles. The zero-order valence-corrected chi connectivity index (χ0v) is 43.8. The van der Waals surface area contributed by atoms with Gasteiger partial charge in [-0.05, 0) is 43.9 Å². The Morgan fingerprint density at radius 1 is 0.692 bits per heavy atom. The molecule has 0 aliphatic carbocycles. The number of hydrogen-bond acceptors (Lipinski definition) is 16. The van der Waals surface area contributed by atoms with Gasteiger partial charge in [-0.2, -0.15) is 0 Å². The van der Waals surface area contributed by atoms with Crippen LogP contribution in [0.4, 0.5) is 0 Å². The third kappa shape index (κ3) is 22.8. The van der Waals surface area contributed by atoms with Crippen LogP contribution in [0.2, 0.25) is 0 Å². The average Bonchev–Trinajstić information content (AvgIpc) is 4.10. The van der Waals surface area contributed by atoms with Crippen LogP contribution in [0.25, 0.3) is 0 Å². The van der Waals surface area contributed by atoms with E-state index in [9.17, 15) is 67.4 Å². The van der Waals surface area contributed by atoms with Crippen molar-refractivity contribution in [3.05, 3.63) is 18.2 Å². The maximum atomic E-state index is 14.2. The summed E-state index contributed by atoms with van der Waals surface area (Å²) in [7, 11) is 0. The summed E-state index contributed by atoms with van der Waals surface area (Å²) in [5.74, 6) is -15.6. The zero-order valence-electron chi connectivity index (χ0n) is 43.8. The standard InChI is InChI=1S/C46H74N16O16/c1-5-22(3)36(61-44(77)37(23(4)6-2)60-42(75)30-10-8-14-62(30)45(78)25(47)16-33(65)66)43(76)57-27(11-12-31(48)63)40(73)59-29(17-34(67)68)41(74)56-26(9-7-13-52-46(49)50)39(72)58-28(15-24-18-51-21-55-24)38(71)54-19-32(64)53-20-35(69)70/h18,21-23,25-30,36-37H,5-17,19-20,47H2,1-4H3,(H2,48,63)(H,51,55)(H,53,64)(H,54,71)(H,56,74)(H,57,76)(H,58,72)(H,59,73)(H,60,75)(H,61,77)(H,65,66)(H,67,68)(H,69,70)(H4,49,50,52)/t22-,23-,25-,26-,27-,28-,29-,30-,36-,37-/m0/s1. The number of primary amides is 1. The van der Waals surface area contributed by atoms with Crippen molar-refractivity contribution in [3.8, 4) is 0 Å². The van der Waals surface area contributed by atoms with Crippen molar-refractivity contribution in [1.82, 2.24) is 62.7 Å². The Morgan fingerprint density at radius 2 is 1.24 bits per heavy atom. The second kappa shape index (κ2) is 32.9. The summed E-state index contributed by atoms with van der Waals surface area (Å²) in [5, 5.41) is 57.0. The molecule has 1 aliphatic heterocycles. The number of carboxylic acids is 3. The first-order chi connectivity index (χ1) is 36.7. The predicted octanol–water partition coefficient (Wildman–Crippen LogP) is -5.93. The van der Waals surface area contributed by atoms with E-state index in [4.69, 9.17) is 32.8 Å². The van der Waals surface area contributed by atoms with Crippen molar-refractivity contribution < 1.29 is 77.6 Å². The molecule has 32 nitrogen and oxygen atoms in total. The number of likely N-dealkylation sites (tertiary alicyclic amines) is 1. The molecule has 434 valence electrons. The molecule has 0 unspecified atom stereocenters. The van der Waals surface area contributed by atoms with E-state index in [1.54, 1.807) is 27.7 Å². The molecule has 2 rings (SSSR count). The summed E-state index contributed by atoms with van der Waals surface area (Å²) >= 11 is 0. The fourth-order valence-corrected chi connectivity index (χ4v) is 7.85. The number of aromatic amines is 1. The van der Waals surface area contributed by atoms with Crippen molar-refractivity contribution in [1.29, 1.82) is 5.41 Å². The van der Waals surface area contributed by atoms with E-state index in [1.807, 2.05) is 0 Å². The number of nitrogens with two attached hydrogens (primary N) is 3. The second-order valence-corrected chi connectivity index (χ2v) is 18.6. The van der Waals surface area contributed by atoms with Gasteiger partial charge in [0, 0.05) is 32.1 Å². The molecule has 1 saturated heterocycles. The van der Waals surface area contributed by atoms with Gasteiger partial charge in [-0.1, -0.05) is 40.5 Å². The highest BCUT2D eigenvalue weighted by atomic mass is 16.4. The number of aromatic nitrogens is 2. The topological polar surface area (TPSA) is 525 Å². The summed E-state index contributed by atoms with van der Waals surface area (Å²) in [6, 6.07) is -12.1. The van der Waals surface area contributed by atoms with Crippen molar-refractivity contribution in [2.24, 2.45) is 29.0 Å². The zero-order chi connectivity index (χ0) is 58.8. The molecule has 0 radical (unpaired) electrons. The number of amides is 10. The van der Waals surface area contributed by atoms with E-state index in [2.05, 4.69) is 57.8 Å². The molecule has 2 heterocycles. The van der Waals surface area contributed by atoms with Crippen LogP contribution in [-0.2, 0) is 68.7 Å². The first kappa shape index (κ1) is 65.7. The van der Waals surface area contributed by atoms with Gasteiger partial charge in [0.1, 0.15) is 48.8 Å². The van der Waals surface area contributed by atoms with Crippen molar-refractivity contribution in [2.75, 3.05) is 26.2 Å². The molecule has 1 aromatic heterocycles. The Kier molecular flexibility index (Phi) is 27.7. The second-order valence-electron chi connectivity index (χ2n) is 18.6. The highest BCUT2D eigenvalue weighted by Gasteiger charge is 2.41. The van der Waals surface area contributed by atoms with Gasteiger partial charge in [0.15, 0.2) is 5.96 Å². The third-order valence-corrected chi connectivity index (χ3v) is 12.5. The number of imidazole rings is 1. The van der Waals surface area contributed by atoms with Crippen LogP contribution in [0.15, 0.2) is 12.5 Å². The van der Waals surface area contributed by atoms with Gasteiger partial charge < -0.3 is 90.3 Å². The normalized spacial score (nSPS) is 16.3. The Balaban J connectivity index is 2.43. The molecule has 1 aliphatic rings. The minimum atomic E-state index is -2.00. The lowest BCUT2D eigenvalue weighted by atomic mass is 9.94. The van der Waals surface area contributed by atoms with Gasteiger partial charge in [0.25, 0.3) is 0 Å². The Hall–Kier alpha value is -8.45. The lowest BCUT2D eigenvalue weighted by Gasteiger charge is -2.32. The van der Waals surface area contributed by atoms with Gasteiger partial charge in [-0.25, -0.2) is 4.98 Å². The number of guanidine groups is 1. The summed E-state index contributed by atoms with van der Waals surface area (Å²) in [5.41, 5.74) is 16.8.